The Bertz CT molecular complexity index is 1140. The molecule has 1 heterocycles. The Hall–Kier alpha value is -2.63. The van der Waals surface area contributed by atoms with Gasteiger partial charge in [-0.3, -0.25) is 19.3 Å². The molecule has 1 N–H and O–H groups in total. The Balaban J connectivity index is 1.23. The van der Waals surface area contributed by atoms with Gasteiger partial charge in [0.1, 0.15) is 0 Å². The van der Waals surface area contributed by atoms with Crippen molar-refractivity contribution in [3.63, 3.8) is 0 Å². The van der Waals surface area contributed by atoms with Crippen molar-refractivity contribution in [1.29, 1.82) is 0 Å². The van der Waals surface area contributed by atoms with Gasteiger partial charge in [-0.25, -0.2) is 0 Å². The zero-order chi connectivity index (χ0) is 21.4. The summed E-state index contributed by atoms with van der Waals surface area (Å²) in [7, 11) is 0. The molecule has 0 unspecified atom stereocenters. The van der Waals surface area contributed by atoms with Crippen molar-refractivity contribution in [2.45, 2.75) is 6.42 Å². The van der Waals surface area contributed by atoms with E-state index in [1.807, 2.05) is 0 Å². The maximum absolute atomic E-state index is 13.2. The minimum atomic E-state index is -0.342. The number of anilines is 2. The lowest BCUT2D eigenvalue weighted by Gasteiger charge is -2.37. The lowest BCUT2D eigenvalue weighted by molar-refractivity contribution is -0.124. The van der Waals surface area contributed by atoms with E-state index in [1.54, 1.807) is 42.5 Å². The highest BCUT2D eigenvalue weighted by atomic mass is 35.5. The molecule has 0 radical (unpaired) electrons. The van der Waals surface area contributed by atoms with Gasteiger partial charge < -0.3 is 5.32 Å². The molecule has 7 rings (SSSR count). The van der Waals surface area contributed by atoms with Crippen LogP contribution in [0.5, 0.6) is 0 Å². The first-order valence-corrected chi connectivity index (χ1v) is 11.1. The Morgan fingerprint density at radius 2 is 1.52 bits per heavy atom. The standard InChI is InChI=1S/C24H18Cl2N2O3/c25-12-3-8-19(18(26)9-12)27-22(29)11-1-4-13(5-2-11)28-23(30)20-14-6-7-15(17-10-16(14)17)21(20)24(28)31/h1-9,14-17,20-21H,10H2,(H,27,29)/t14-,15-,16-,17-,20-,21+/m0/s1. The number of hydrogen-bond donors (Lipinski definition) is 1. The Kier molecular flexibility index (Phi) is 4.11. The molecule has 6 atom stereocenters. The number of benzene rings is 2. The van der Waals surface area contributed by atoms with Gasteiger partial charge in [0.25, 0.3) is 5.91 Å². The smallest absolute Gasteiger partial charge is 0.255 e. The highest BCUT2D eigenvalue weighted by Gasteiger charge is 2.67. The van der Waals surface area contributed by atoms with E-state index in [2.05, 4.69) is 17.5 Å². The summed E-state index contributed by atoms with van der Waals surface area (Å²) in [5.41, 5.74) is 1.36. The zero-order valence-electron chi connectivity index (χ0n) is 16.3. The van der Waals surface area contributed by atoms with Crippen molar-refractivity contribution in [1.82, 2.24) is 0 Å². The Labute approximate surface area is 189 Å². The molecular weight excluding hydrogens is 435 g/mol. The van der Waals surface area contributed by atoms with Gasteiger partial charge in [0.15, 0.2) is 0 Å². The predicted octanol–water partition coefficient (Wildman–Crippen LogP) is 4.80. The number of rotatable bonds is 3. The second kappa shape index (κ2) is 6.68. The van der Waals surface area contributed by atoms with Gasteiger partial charge in [0, 0.05) is 10.6 Å². The molecule has 156 valence electrons. The minimum absolute atomic E-state index is 0.107. The molecule has 3 amide bonds. The molecule has 31 heavy (non-hydrogen) atoms. The maximum atomic E-state index is 13.2. The summed E-state index contributed by atoms with van der Waals surface area (Å²) in [5.74, 6) is 0.492. The minimum Gasteiger partial charge on any atom is -0.321 e. The number of nitrogens with one attached hydrogen (secondary N) is 1. The molecule has 5 nitrogen and oxygen atoms in total. The predicted molar refractivity (Wildman–Crippen MR) is 118 cm³/mol. The first kappa shape index (κ1) is 19.1. The number of hydrogen-bond acceptors (Lipinski definition) is 3. The van der Waals surface area contributed by atoms with E-state index >= 15 is 0 Å². The summed E-state index contributed by atoms with van der Waals surface area (Å²) in [5, 5.41) is 3.57. The van der Waals surface area contributed by atoms with E-state index in [4.69, 9.17) is 23.2 Å². The molecule has 2 saturated carbocycles. The van der Waals surface area contributed by atoms with Crippen LogP contribution in [0.3, 0.4) is 0 Å². The van der Waals surface area contributed by atoms with E-state index < -0.39 is 0 Å². The van der Waals surface area contributed by atoms with Gasteiger partial charge in [-0.1, -0.05) is 35.4 Å². The molecule has 4 aliphatic carbocycles. The van der Waals surface area contributed by atoms with Crippen LogP contribution in [0, 0.1) is 35.5 Å². The second-order valence-corrected chi connectivity index (χ2v) is 9.64. The summed E-state index contributed by atoms with van der Waals surface area (Å²) in [6.45, 7) is 0. The van der Waals surface area contributed by atoms with Crippen molar-refractivity contribution in [2.75, 3.05) is 10.2 Å². The Morgan fingerprint density at radius 1 is 0.903 bits per heavy atom. The molecular formula is C24H18Cl2N2O3. The molecule has 1 saturated heterocycles. The van der Waals surface area contributed by atoms with Crippen LogP contribution in [0.15, 0.2) is 54.6 Å². The number of allylic oxidation sites excluding steroid dienone is 2. The average molecular weight is 453 g/mol. The number of imide groups is 1. The van der Waals surface area contributed by atoms with Crippen LogP contribution in [-0.4, -0.2) is 17.7 Å². The number of carbonyl (C=O) groups is 3. The third-order valence-corrected chi connectivity index (χ3v) is 7.78. The topological polar surface area (TPSA) is 66.5 Å². The zero-order valence-corrected chi connectivity index (χ0v) is 17.8. The van der Waals surface area contributed by atoms with E-state index in [-0.39, 0.29) is 41.4 Å². The fourth-order valence-electron chi connectivity index (χ4n) is 5.76. The summed E-state index contributed by atoms with van der Waals surface area (Å²) in [4.78, 5) is 40.3. The van der Waals surface area contributed by atoms with E-state index in [1.165, 1.54) is 4.90 Å². The summed E-state index contributed by atoms with van der Waals surface area (Å²) < 4.78 is 0. The van der Waals surface area contributed by atoms with Crippen molar-refractivity contribution in [3.05, 3.63) is 70.2 Å². The summed E-state index contributed by atoms with van der Waals surface area (Å²) in [6.07, 6.45) is 5.45. The van der Waals surface area contributed by atoms with E-state index in [0.29, 0.717) is 38.8 Å². The van der Waals surface area contributed by atoms with Crippen LogP contribution in [0.2, 0.25) is 10.0 Å². The van der Waals surface area contributed by atoms with Gasteiger partial charge in [0.05, 0.1) is 28.2 Å². The van der Waals surface area contributed by atoms with Crippen molar-refractivity contribution in [3.8, 4) is 0 Å². The molecule has 1 aliphatic heterocycles. The second-order valence-electron chi connectivity index (χ2n) is 8.79. The molecule has 2 aromatic carbocycles. The molecule has 0 spiro atoms. The van der Waals surface area contributed by atoms with Crippen molar-refractivity contribution >= 4 is 52.3 Å². The van der Waals surface area contributed by atoms with Crippen molar-refractivity contribution < 1.29 is 14.4 Å². The summed E-state index contributed by atoms with van der Waals surface area (Å²) >= 11 is 12.0. The fourth-order valence-corrected chi connectivity index (χ4v) is 6.21. The van der Waals surface area contributed by atoms with Crippen LogP contribution < -0.4 is 10.2 Å². The number of amides is 3. The van der Waals surface area contributed by atoms with Crippen LogP contribution in [0.4, 0.5) is 11.4 Å². The summed E-state index contributed by atoms with van der Waals surface area (Å²) in [6, 6.07) is 11.4. The van der Waals surface area contributed by atoms with Gasteiger partial charge in [-0.05, 0) is 72.6 Å². The van der Waals surface area contributed by atoms with E-state index in [9.17, 15) is 14.4 Å². The van der Waals surface area contributed by atoms with E-state index in [0.717, 1.165) is 6.42 Å². The lowest BCUT2D eigenvalue weighted by Crippen LogP contribution is -2.40. The molecule has 5 aliphatic rings. The molecule has 3 fully saturated rings. The number of halogens is 2. The van der Waals surface area contributed by atoms with Crippen LogP contribution in [0.25, 0.3) is 0 Å². The van der Waals surface area contributed by atoms with Crippen LogP contribution in [0.1, 0.15) is 16.8 Å². The molecule has 7 heteroatoms. The quantitative estimate of drug-likeness (QED) is 0.536. The normalized spacial score (nSPS) is 32.1. The Morgan fingerprint density at radius 3 is 2.10 bits per heavy atom. The van der Waals surface area contributed by atoms with Gasteiger partial charge in [-0.15, -0.1) is 0 Å². The van der Waals surface area contributed by atoms with Gasteiger partial charge >= 0.3 is 0 Å². The first-order chi connectivity index (χ1) is 14.9. The monoisotopic (exact) mass is 452 g/mol. The highest BCUT2D eigenvalue weighted by Crippen LogP contribution is 2.65. The van der Waals surface area contributed by atoms with Crippen LogP contribution in [-0.2, 0) is 9.59 Å². The molecule has 0 aromatic heterocycles. The van der Waals surface area contributed by atoms with Crippen LogP contribution >= 0.6 is 23.2 Å². The third kappa shape index (κ3) is 2.80. The number of nitrogens with zero attached hydrogens (tertiary/aromatic N) is 1. The fraction of sp³-hybridized carbons (Fsp3) is 0.292. The first-order valence-electron chi connectivity index (χ1n) is 10.4. The maximum Gasteiger partial charge on any atom is 0.255 e. The van der Waals surface area contributed by atoms with Gasteiger partial charge in [-0.2, -0.15) is 0 Å². The largest absolute Gasteiger partial charge is 0.321 e. The SMILES string of the molecule is O=C(Nc1ccc(Cl)cc1Cl)c1ccc(N2C(=O)[C@@H]3[C@H]4C=C[C@@H]([C@@H]5C[C@@H]45)[C@@H]3C2=O)cc1. The average Bonchev–Trinajstić information content (AvgIpc) is 3.54. The number of carbonyl (C=O) groups excluding carboxylic acids is 3. The molecule has 2 aromatic rings. The highest BCUT2D eigenvalue weighted by molar-refractivity contribution is 6.36. The lowest BCUT2D eigenvalue weighted by atomic mass is 9.63. The van der Waals surface area contributed by atoms with Crippen molar-refractivity contribution in [2.24, 2.45) is 35.5 Å². The molecule has 2 bridgehead atoms. The third-order valence-electron chi connectivity index (χ3n) is 7.23. The van der Waals surface area contributed by atoms with Gasteiger partial charge in [0.2, 0.25) is 11.8 Å².